The fourth-order valence-corrected chi connectivity index (χ4v) is 3.25. The Bertz CT molecular complexity index is 1050. The molecule has 1 aliphatic rings. The highest BCUT2D eigenvalue weighted by Gasteiger charge is 2.33. The van der Waals surface area contributed by atoms with Gasteiger partial charge in [-0.25, -0.2) is 9.59 Å². The van der Waals surface area contributed by atoms with E-state index in [1.165, 1.54) is 25.3 Å². The molecule has 0 unspecified atom stereocenters. The number of carboxylic acid groups (broad SMARTS) is 1. The van der Waals surface area contributed by atoms with Crippen molar-refractivity contribution in [3.8, 4) is 11.5 Å². The maximum Gasteiger partial charge on any atom is 0.341 e. The topological polar surface area (TPSA) is 105 Å². The van der Waals surface area contributed by atoms with Crippen LogP contribution in [0, 0.1) is 6.92 Å². The van der Waals surface area contributed by atoms with E-state index in [9.17, 15) is 14.4 Å². The van der Waals surface area contributed by atoms with Gasteiger partial charge in [-0.05, 0) is 36.3 Å². The molecule has 3 rings (SSSR count). The Balaban J connectivity index is 1.84. The summed E-state index contributed by atoms with van der Waals surface area (Å²) in [5, 5.41) is 11.4. The third-order valence-electron chi connectivity index (χ3n) is 4.29. The highest BCUT2D eigenvalue weighted by Crippen LogP contribution is 2.37. The zero-order valence-electron chi connectivity index (χ0n) is 16.3. The monoisotopic (exact) mass is 430 g/mol. The van der Waals surface area contributed by atoms with Crippen LogP contribution >= 0.6 is 11.6 Å². The number of aryl methyl sites for hydroxylation is 1. The summed E-state index contributed by atoms with van der Waals surface area (Å²) < 4.78 is 10.4. The van der Waals surface area contributed by atoms with E-state index in [0.717, 1.165) is 16.0 Å². The number of rotatable bonds is 7. The zero-order valence-corrected chi connectivity index (χ0v) is 17.0. The summed E-state index contributed by atoms with van der Waals surface area (Å²) in [6, 6.07) is 10.0. The average molecular weight is 431 g/mol. The largest absolute Gasteiger partial charge is 0.493 e. The van der Waals surface area contributed by atoms with E-state index in [4.69, 9.17) is 26.2 Å². The van der Waals surface area contributed by atoms with Gasteiger partial charge in [-0.2, -0.15) is 0 Å². The Labute approximate surface area is 177 Å². The Morgan fingerprint density at radius 3 is 2.70 bits per heavy atom. The van der Waals surface area contributed by atoms with E-state index in [-0.39, 0.29) is 28.8 Å². The average Bonchev–Trinajstić information content (AvgIpc) is 2.94. The predicted octanol–water partition coefficient (Wildman–Crippen LogP) is 3.21. The molecule has 0 radical (unpaired) electrons. The van der Waals surface area contributed by atoms with Crippen LogP contribution in [-0.4, -0.2) is 41.6 Å². The third kappa shape index (κ3) is 4.72. The first kappa shape index (κ1) is 21.2. The fraction of sp³-hybridized carbons (Fsp3) is 0.190. The number of carbonyl (C=O) groups excluding carboxylic acids is 2. The molecule has 156 valence electrons. The number of urea groups is 1. The molecule has 8 nitrogen and oxygen atoms in total. The van der Waals surface area contributed by atoms with E-state index < -0.39 is 24.5 Å². The van der Waals surface area contributed by atoms with Crippen LogP contribution in [0.1, 0.15) is 16.7 Å². The van der Waals surface area contributed by atoms with Gasteiger partial charge in [-0.1, -0.05) is 41.4 Å². The maximum absolute atomic E-state index is 12.7. The number of nitrogens with one attached hydrogen (secondary N) is 1. The van der Waals surface area contributed by atoms with E-state index in [1.54, 1.807) is 0 Å². The summed E-state index contributed by atoms with van der Waals surface area (Å²) in [5.41, 5.74) is 2.43. The number of benzene rings is 2. The number of ether oxygens (including phenoxy) is 2. The molecule has 0 aliphatic carbocycles. The second-order valence-corrected chi connectivity index (χ2v) is 6.99. The van der Waals surface area contributed by atoms with Crippen molar-refractivity contribution < 1.29 is 29.0 Å². The van der Waals surface area contributed by atoms with Crippen LogP contribution in [0.2, 0.25) is 5.02 Å². The number of amides is 3. The molecule has 30 heavy (non-hydrogen) atoms. The third-order valence-corrected chi connectivity index (χ3v) is 4.57. The lowest BCUT2D eigenvalue weighted by Crippen LogP contribution is -2.30. The quantitative estimate of drug-likeness (QED) is 0.516. The Kier molecular flexibility index (Phi) is 6.27. The smallest absolute Gasteiger partial charge is 0.341 e. The summed E-state index contributed by atoms with van der Waals surface area (Å²) in [6.45, 7) is 1.50. The minimum Gasteiger partial charge on any atom is -0.493 e. The Hall–Kier alpha value is -3.52. The normalized spacial score (nSPS) is 14.8. The van der Waals surface area contributed by atoms with Crippen LogP contribution < -0.4 is 14.8 Å². The second kappa shape index (κ2) is 8.87. The number of halogens is 1. The van der Waals surface area contributed by atoms with Crippen LogP contribution in [0.25, 0.3) is 6.08 Å². The van der Waals surface area contributed by atoms with Gasteiger partial charge in [0.15, 0.2) is 18.1 Å². The molecular weight excluding hydrogens is 412 g/mol. The lowest BCUT2D eigenvalue weighted by atomic mass is 10.1. The van der Waals surface area contributed by atoms with Crippen molar-refractivity contribution in [1.82, 2.24) is 10.2 Å². The molecule has 0 spiro atoms. The van der Waals surface area contributed by atoms with E-state index in [1.807, 2.05) is 31.2 Å². The Morgan fingerprint density at radius 2 is 2.03 bits per heavy atom. The number of methoxy groups -OCH3 is 1. The van der Waals surface area contributed by atoms with Crippen LogP contribution in [-0.2, 0) is 16.1 Å². The number of hydrogen-bond donors (Lipinski definition) is 2. The van der Waals surface area contributed by atoms with Gasteiger partial charge < -0.3 is 19.9 Å². The molecule has 0 bridgehead atoms. The number of aliphatic carboxylic acids is 1. The summed E-state index contributed by atoms with van der Waals surface area (Å²) in [4.78, 5) is 36.9. The van der Waals surface area contributed by atoms with Crippen molar-refractivity contribution in [2.75, 3.05) is 13.7 Å². The van der Waals surface area contributed by atoms with Gasteiger partial charge in [0.05, 0.1) is 18.7 Å². The molecular formula is C21H19ClN2O6. The molecule has 2 aromatic rings. The molecule has 9 heteroatoms. The minimum atomic E-state index is -1.16. The number of carboxylic acids is 1. The van der Waals surface area contributed by atoms with Crippen molar-refractivity contribution in [2.24, 2.45) is 0 Å². The lowest BCUT2D eigenvalue weighted by molar-refractivity contribution is -0.139. The van der Waals surface area contributed by atoms with E-state index in [2.05, 4.69) is 5.32 Å². The van der Waals surface area contributed by atoms with Gasteiger partial charge in [0.2, 0.25) is 0 Å². The molecule has 1 aliphatic heterocycles. The summed E-state index contributed by atoms with van der Waals surface area (Å²) in [6.07, 6.45) is 1.46. The van der Waals surface area contributed by atoms with Crippen molar-refractivity contribution >= 4 is 35.6 Å². The van der Waals surface area contributed by atoms with E-state index in [0.29, 0.717) is 5.56 Å². The summed E-state index contributed by atoms with van der Waals surface area (Å²) in [7, 11) is 1.38. The lowest BCUT2D eigenvalue weighted by Gasteiger charge is -2.12. The SMILES string of the molecule is COc1cc(/C=C2/NC(=O)N(Cc3cccc(C)c3)C2=O)cc(Cl)c1OCC(=O)O. The van der Waals surface area contributed by atoms with Crippen molar-refractivity contribution in [2.45, 2.75) is 13.5 Å². The molecule has 2 aromatic carbocycles. The van der Waals surface area contributed by atoms with Gasteiger partial charge in [0, 0.05) is 0 Å². The number of hydrogen-bond acceptors (Lipinski definition) is 5. The minimum absolute atomic E-state index is 0.0755. The first-order chi connectivity index (χ1) is 14.3. The van der Waals surface area contributed by atoms with Crippen molar-refractivity contribution in [3.63, 3.8) is 0 Å². The van der Waals surface area contributed by atoms with Crippen molar-refractivity contribution in [1.29, 1.82) is 0 Å². The van der Waals surface area contributed by atoms with Crippen molar-refractivity contribution in [3.05, 3.63) is 63.8 Å². The molecule has 1 heterocycles. The standard InChI is InChI=1S/C21H19ClN2O6/c1-12-4-3-5-13(6-12)10-24-20(27)16(23-21(24)28)8-14-7-15(22)19(17(9-14)29-2)30-11-18(25)26/h3-9H,10-11H2,1-2H3,(H,23,28)(H,25,26)/b16-8+. The second-order valence-electron chi connectivity index (χ2n) is 6.59. The Morgan fingerprint density at radius 1 is 1.27 bits per heavy atom. The number of nitrogens with zero attached hydrogens (tertiary/aromatic N) is 1. The van der Waals surface area contributed by atoms with Crippen LogP contribution in [0.3, 0.4) is 0 Å². The van der Waals surface area contributed by atoms with Crippen LogP contribution in [0.5, 0.6) is 11.5 Å². The predicted molar refractivity (Wildman–Crippen MR) is 109 cm³/mol. The van der Waals surface area contributed by atoms with Gasteiger partial charge in [-0.15, -0.1) is 0 Å². The highest BCUT2D eigenvalue weighted by atomic mass is 35.5. The van der Waals surface area contributed by atoms with Gasteiger partial charge >= 0.3 is 12.0 Å². The summed E-state index contributed by atoms with van der Waals surface area (Å²) >= 11 is 6.19. The van der Waals surface area contributed by atoms with Gasteiger partial charge in [-0.3, -0.25) is 9.69 Å². The number of carbonyl (C=O) groups is 3. The number of imide groups is 1. The molecule has 0 saturated carbocycles. The molecule has 1 fully saturated rings. The molecule has 0 atom stereocenters. The molecule has 1 saturated heterocycles. The maximum atomic E-state index is 12.7. The molecule has 2 N–H and O–H groups in total. The van der Waals surface area contributed by atoms with Gasteiger partial charge in [0.1, 0.15) is 5.70 Å². The van der Waals surface area contributed by atoms with Crippen LogP contribution in [0.15, 0.2) is 42.1 Å². The van der Waals surface area contributed by atoms with E-state index >= 15 is 0 Å². The molecule has 0 aromatic heterocycles. The van der Waals surface area contributed by atoms with Crippen LogP contribution in [0.4, 0.5) is 4.79 Å². The highest BCUT2D eigenvalue weighted by molar-refractivity contribution is 6.32. The zero-order chi connectivity index (χ0) is 21.8. The summed E-state index contributed by atoms with van der Waals surface area (Å²) in [5.74, 6) is -1.36. The van der Waals surface area contributed by atoms with Gasteiger partial charge in [0.25, 0.3) is 5.91 Å². The first-order valence-corrected chi connectivity index (χ1v) is 9.28. The first-order valence-electron chi connectivity index (χ1n) is 8.90. The fourth-order valence-electron chi connectivity index (χ4n) is 2.97. The molecule has 3 amide bonds.